The first kappa shape index (κ1) is 23.4. The fourth-order valence-electron chi connectivity index (χ4n) is 4.05. The topological polar surface area (TPSA) is 86.8 Å². The Morgan fingerprint density at radius 3 is 2.33 bits per heavy atom. The second-order valence-corrected chi connectivity index (χ2v) is 11.5. The van der Waals surface area contributed by atoms with Crippen molar-refractivity contribution in [3.63, 3.8) is 0 Å². The maximum absolute atomic E-state index is 12.9. The van der Waals surface area contributed by atoms with Gasteiger partial charge in [0.05, 0.1) is 4.90 Å². The third kappa shape index (κ3) is 5.10. The summed E-state index contributed by atoms with van der Waals surface area (Å²) in [5.74, 6) is -0.306. The maximum Gasteiger partial charge on any atom is 0.251 e. The van der Waals surface area contributed by atoms with Crippen LogP contribution >= 0.6 is 11.3 Å². The van der Waals surface area contributed by atoms with Gasteiger partial charge >= 0.3 is 0 Å². The molecule has 3 aromatic rings. The Morgan fingerprint density at radius 1 is 0.970 bits per heavy atom. The highest BCUT2D eigenvalue weighted by molar-refractivity contribution is 7.89. The molecular weight excluding hydrogens is 458 g/mol. The van der Waals surface area contributed by atoms with E-state index in [1.165, 1.54) is 15.6 Å². The van der Waals surface area contributed by atoms with E-state index in [1.54, 1.807) is 17.0 Å². The number of nitrogens with one attached hydrogen (secondary N) is 1. The van der Waals surface area contributed by atoms with Gasteiger partial charge in [-0.1, -0.05) is 30.3 Å². The van der Waals surface area contributed by atoms with E-state index in [0.29, 0.717) is 23.5 Å². The summed E-state index contributed by atoms with van der Waals surface area (Å²) in [6.45, 7) is 5.18. The van der Waals surface area contributed by atoms with E-state index >= 15 is 0 Å². The summed E-state index contributed by atoms with van der Waals surface area (Å²) < 4.78 is 27.3. The largest absolute Gasteiger partial charge is 0.352 e. The van der Waals surface area contributed by atoms with Crippen molar-refractivity contribution in [3.8, 4) is 0 Å². The van der Waals surface area contributed by atoms with Gasteiger partial charge in [-0.25, -0.2) is 8.42 Å². The van der Waals surface area contributed by atoms with Crippen molar-refractivity contribution in [2.45, 2.75) is 25.2 Å². The Hall–Kier alpha value is -2.75. The lowest BCUT2D eigenvalue weighted by Gasteiger charge is -2.34. The average Bonchev–Trinajstić information content (AvgIpc) is 3.17. The summed E-state index contributed by atoms with van der Waals surface area (Å²) in [5.41, 5.74) is 0.555. The molecule has 1 fully saturated rings. The number of hydrogen-bond donors (Lipinski definition) is 1. The number of amides is 2. The molecule has 0 bridgehead atoms. The van der Waals surface area contributed by atoms with Gasteiger partial charge in [0.15, 0.2) is 0 Å². The first-order chi connectivity index (χ1) is 15.8. The molecule has 2 aromatic carbocycles. The summed E-state index contributed by atoms with van der Waals surface area (Å²) in [4.78, 5) is 28.8. The highest BCUT2D eigenvalue weighted by atomic mass is 32.2. The second-order valence-electron chi connectivity index (χ2n) is 8.13. The number of aryl methyl sites for hydroxylation is 2. The van der Waals surface area contributed by atoms with Crippen molar-refractivity contribution < 1.29 is 18.0 Å². The van der Waals surface area contributed by atoms with Gasteiger partial charge in [-0.3, -0.25) is 9.59 Å². The van der Waals surface area contributed by atoms with Gasteiger partial charge in [-0.2, -0.15) is 4.31 Å². The first-order valence-corrected chi connectivity index (χ1v) is 13.1. The van der Waals surface area contributed by atoms with Gasteiger partial charge in [0.2, 0.25) is 15.9 Å². The molecule has 174 valence electrons. The Labute approximate surface area is 198 Å². The molecule has 4 rings (SSSR count). The number of rotatable bonds is 6. The monoisotopic (exact) mass is 485 g/mol. The first-order valence-electron chi connectivity index (χ1n) is 10.9. The highest BCUT2D eigenvalue weighted by Gasteiger charge is 2.31. The molecule has 2 heterocycles. The summed E-state index contributed by atoms with van der Waals surface area (Å²) in [6.07, 6.45) is 0.176. The van der Waals surface area contributed by atoms with Crippen LogP contribution in [0.4, 0.5) is 0 Å². The molecule has 0 spiro atoms. The maximum atomic E-state index is 12.9. The normalized spacial score (nSPS) is 15.0. The fraction of sp³-hybridized carbons (Fsp3) is 0.333. The smallest absolute Gasteiger partial charge is 0.251 e. The zero-order valence-corrected chi connectivity index (χ0v) is 20.3. The molecule has 0 aliphatic carbocycles. The summed E-state index contributed by atoms with van der Waals surface area (Å²) >= 11 is 1.47. The predicted octanol–water partition coefficient (Wildman–Crippen LogP) is 3.17. The molecule has 0 unspecified atom stereocenters. The number of benzene rings is 2. The fourth-order valence-corrected chi connectivity index (χ4v) is 7.00. The number of hydrogen-bond acceptors (Lipinski definition) is 5. The third-order valence-corrected chi connectivity index (χ3v) is 8.96. The molecule has 0 atom stereocenters. The predicted molar refractivity (Wildman–Crippen MR) is 130 cm³/mol. The Kier molecular flexibility index (Phi) is 6.83. The average molecular weight is 486 g/mol. The number of nitrogens with zero attached hydrogens (tertiary/aromatic N) is 2. The van der Waals surface area contributed by atoms with E-state index in [1.807, 2.05) is 50.2 Å². The molecule has 2 amide bonds. The molecular formula is C24H27N3O4S2. The highest BCUT2D eigenvalue weighted by Crippen LogP contribution is 2.28. The van der Waals surface area contributed by atoms with Crippen LogP contribution in [0.25, 0.3) is 10.8 Å². The van der Waals surface area contributed by atoms with Gasteiger partial charge < -0.3 is 10.2 Å². The molecule has 1 aromatic heterocycles. The molecule has 0 radical (unpaired) electrons. The summed E-state index contributed by atoms with van der Waals surface area (Å²) in [5, 5.41) is 4.86. The summed E-state index contributed by atoms with van der Waals surface area (Å²) in [7, 11) is -3.55. The minimum absolute atomic E-state index is 0.0894. The van der Waals surface area contributed by atoms with Crippen molar-refractivity contribution in [1.29, 1.82) is 0 Å². The number of fused-ring (bicyclic) bond motifs is 1. The molecule has 1 aliphatic rings. The van der Waals surface area contributed by atoms with Crippen LogP contribution < -0.4 is 5.32 Å². The molecule has 9 heteroatoms. The van der Waals surface area contributed by atoms with E-state index in [2.05, 4.69) is 5.32 Å². The Bertz CT molecular complexity index is 1290. The van der Waals surface area contributed by atoms with Crippen LogP contribution in [0, 0.1) is 13.8 Å². The zero-order valence-electron chi connectivity index (χ0n) is 18.7. The van der Waals surface area contributed by atoms with Crippen LogP contribution in [0.15, 0.2) is 53.4 Å². The van der Waals surface area contributed by atoms with Crippen LogP contribution in [-0.4, -0.2) is 62.2 Å². The van der Waals surface area contributed by atoms with Crippen LogP contribution in [0.3, 0.4) is 0 Å². The van der Waals surface area contributed by atoms with E-state index in [0.717, 1.165) is 20.5 Å². The van der Waals surface area contributed by atoms with Crippen LogP contribution in [0.5, 0.6) is 0 Å². The standard InChI is InChI=1S/C24H27N3O4S2/c1-17-15-22(18(2)32-17)33(30,31)27-13-11-26(12-14-27)23(28)9-10-25-24(29)21-8-7-19-5-3-4-6-20(19)16-21/h3-8,15-16H,9-14H2,1-2H3,(H,25,29). The number of sulfonamides is 1. The molecule has 33 heavy (non-hydrogen) atoms. The lowest BCUT2D eigenvalue weighted by Crippen LogP contribution is -2.50. The number of carbonyl (C=O) groups excluding carboxylic acids is 2. The number of carbonyl (C=O) groups is 2. The SMILES string of the molecule is Cc1cc(S(=O)(=O)N2CCN(C(=O)CCNC(=O)c3ccc4ccccc4c3)CC2)c(C)s1. The molecule has 7 nitrogen and oxygen atoms in total. The van der Waals surface area contributed by atoms with E-state index in [4.69, 9.17) is 0 Å². The molecule has 1 saturated heterocycles. The van der Waals surface area contributed by atoms with Crippen LogP contribution in [0.1, 0.15) is 26.5 Å². The van der Waals surface area contributed by atoms with E-state index in [9.17, 15) is 18.0 Å². The van der Waals surface area contributed by atoms with E-state index in [-0.39, 0.29) is 37.9 Å². The van der Waals surface area contributed by atoms with Gasteiger partial charge in [0, 0.05) is 54.5 Å². The van der Waals surface area contributed by atoms with Crippen molar-refractivity contribution in [1.82, 2.24) is 14.5 Å². The summed E-state index contributed by atoms with van der Waals surface area (Å²) in [6, 6.07) is 15.1. The quantitative estimate of drug-likeness (QED) is 0.581. The lowest BCUT2D eigenvalue weighted by molar-refractivity contribution is -0.132. The minimum Gasteiger partial charge on any atom is -0.352 e. The van der Waals surface area contributed by atoms with Gasteiger partial charge in [-0.15, -0.1) is 11.3 Å². The zero-order chi connectivity index (χ0) is 23.6. The van der Waals surface area contributed by atoms with Gasteiger partial charge in [-0.05, 0) is 42.8 Å². The van der Waals surface area contributed by atoms with Crippen LogP contribution in [-0.2, 0) is 14.8 Å². The Morgan fingerprint density at radius 2 is 1.67 bits per heavy atom. The third-order valence-electron chi connectivity index (χ3n) is 5.84. The minimum atomic E-state index is -3.55. The molecule has 1 aliphatic heterocycles. The van der Waals surface area contributed by atoms with Crippen molar-refractivity contribution in [2.75, 3.05) is 32.7 Å². The number of piperazine rings is 1. The number of thiophene rings is 1. The van der Waals surface area contributed by atoms with Crippen molar-refractivity contribution >= 4 is 43.9 Å². The van der Waals surface area contributed by atoms with Crippen molar-refractivity contribution in [2.24, 2.45) is 0 Å². The van der Waals surface area contributed by atoms with E-state index < -0.39 is 10.0 Å². The van der Waals surface area contributed by atoms with Crippen molar-refractivity contribution in [3.05, 3.63) is 63.8 Å². The molecule has 0 saturated carbocycles. The molecule has 1 N–H and O–H groups in total. The van der Waals surface area contributed by atoms with Crippen LogP contribution in [0.2, 0.25) is 0 Å². The van der Waals surface area contributed by atoms with Gasteiger partial charge in [0.1, 0.15) is 0 Å². The lowest BCUT2D eigenvalue weighted by atomic mass is 10.1. The van der Waals surface area contributed by atoms with Gasteiger partial charge in [0.25, 0.3) is 5.91 Å². The second kappa shape index (κ2) is 9.62. The Balaban J connectivity index is 1.27.